The molecule has 0 N–H and O–H groups in total. The van der Waals surface area contributed by atoms with Crippen molar-refractivity contribution in [2.45, 2.75) is 6.42 Å². The summed E-state index contributed by atoms with van der Waals surface area (Å²) in [5.74, 6) is 0. The van der Waals surface area contributed by atoms with Crippen LogP contribution in [0.15, 0.2) is 48.5 Å². The summed E-state index contributed by atoms with van der Waals surface area (Å²) in [6.07, 6.45) is 0.575. The van der Waals surface area contributed by atoms with Crippen molar-refractivity contribution in [1.29, 1.82) is 0 Å². The molecule has 0 bridgehead atoms. The van der Waals surface area contributed by atoms with E-state index < -0.39 is 0 Å². The van der Waals surface area contributed by atoms with Crippen molar-refractivity contribution in [3.8, 4) is 0 Å². The van der Waals surface area contributed by atoms with Crippen LogP contribution in [0.25, 0.3) is 0 Å². The molecule has 3 nitrogen and oxygen atoms in total. The number of rotatable bonds is 3. The fourth-order valence-electron chi connectivity index (χ4n) is 1.59. The van der Waals surface area contributed by atoms with Crippen molar-refractivity contribution in [1.82, 2.24) is 0 Å². The molecule has 0 saturated carbocycles. The molecule has 0 fully saturated rings. The van der Waals surface area contributed by atoms with Gasteiger partial charge in [0.15, 0.2) is 0 Å². The maximum atomic E-state index is 10.8. The number of hydrogen-bond donors (Lipinski definition) is 0. The van der Waals surface area contributed by atoms with E-state index in [-0.39, 0.29) is 10.6 Å². The second kappa shape index (κ2) is 4.57. The molecule has 0 aliphatic heterocycles. The molecule has 2 aromatic carbocycles. The first kappa shape index (κ1) is 10.4. The van der Waals surface area contributed by atoms with E-state index in [1.165, 1.54) is 6.07 Å². The predicted molar refractivity (Wildman–Crippen MR) is 61.2 cm³/mol. The Morgan fingerprint density at radius 2 is 1.94 bits per heavy atom. The summed E-state index contributed by atoms with van der Waals surface area (Å²) >= 11 is 0. The van der Waals surface area contributed by atoms with Crippen LogP contribution in [-0.2, 0) is 6.42 Å². The molecule has 0 aromatic heterocycles. The molecular weight excluding hydrogens is 202 g/mol. The maximum absolute atomic E-state index is 10.8. The van der Waals surface area contributed by atoms with Crippen LogP contribution in [0.4, 0.5) is 5.69 Å². The molecule has 0 spiro atoms. The van der Waals surface area contributed by atoms with Crippen molar-refractivity contribution in [3.05, 3.63) is 75.8 Å². The van der Waals surface area contributed by atoms with Crippen molar-refractivity contribution in [2.24, 2.45) is 0 Å². The number of nitro groups is 1. The average Bonchev–Trinajstić information content (AvgIpc) is 2.31. The van der Waals surface area contributed by atoms with Gasteiger partial charge in [0.2, 0.25) is 0 Å². The highest BCUT2D eigenvalue weighted by molar-refractivity contribution is 5.42. The van der Waals surface area contributed by atoms with Gasteiger partial charge >= 0.3 is 0 Å². The van der Waals surface area contributed by atoms with Gasteiger partial charge in [0.05, 0.1) is 4.92 Å². The summed E-state index contributed by atoms with van der Waals surface area (Å²) < 4.78 is 0. The minimum atomic E-state index is -0.366. The Morgan fingerprint density at radius 3 is 2.62 bits per heavy atom. The molecule has 1 radical (unpaired) electrons. The second-order valence-electron chi connectivity index (χ2n) is 3.47. The summed E-state index contributed by atoms with van der Waals surface area (Å²) in [6.45, 7) is 0. The van der Waals surface area contributed by atoms with Gasteiger partial charge in [-0.25, -0.2) is 0 Å². The molecule has 0 amide bonds. The zero-order valence-corrected chi connectivity index (χ0v) is 8.59. The van der Waals surface area contributed by atoms with Crippen LogP contribution in [0.5, 0.6) is 0 Å². The Bertz CT molecular complexity index is 494. The highest BCUT2D eigenvalue weighted by Gasteiger charge is 2.12. The van der Waals surface area contributed by atoms with Crippen LogP contribution in [0.2, 0.25) is 0 Å². The van der Waals surface area contributed by atoms with Gasteiger partial charge in [-0.05, 0) is 11.6 Å². The van der Waals surface area contributed by atoms with Gasteiger partial charge in [0.1, 0.15) is 0 Å². The summed E-state index contributed by atoms with van der Waals surface area (Å²) in [4.78, 5) is 10.4. The molecular formula is C13H10NO2. The normalized spacial score (nSPS) is 10.0. The van der Waals surface area contributed by atoms with Crippen molar-refractivity contribution >= 4 is 5.69 Å². The van der Waals surface area contributed by atoms with Gasteiger partial charge in [0.25, 0.3) is 5.69 Å². The molecule has 79 valence electrons. The van der Waals surface area contributed by atoms with E-state index in [0.29, 0.717) is 6.42 Å². The minimum absolute atomic E-state index is 0.131. The first-order valence-corrected chi connectivity index (χ1v) is 4.94. The van der Waals surface area contributed by atoms with Gasteiger partial charge in [-0.3, -0.25) is 10.1 Å². The molecule has 0 heterocycles. The van der Waals surface area contributed by atoms with Crippen LogP contribution in [0.3, 0.4) is 0 Å². The van der Waals surface area contributed by atoms with E-state index in [1.807, 2.05) is 30.3 Å². The number of nitrogens with zero attached hydrogens (tertiary/aromatic N) is 1. The summed E-state index contributed by atoms with van der Waals surface area (Å²) in [5.41, 5.74) is 1.91. The van der Waals surface area contributed by atoms with E-state index in [0.717, 1.165) is 11.1 Å². The number of nitro benzene ring substituents is 1. The van der Waals surface area contributed by atoms with Gasteiger partial charge in [0, 0.05) is 18.1 Å². The number of benzene rings is 2. The lowest BCUT2D eigenvalue weighted by molar-refractivity contribution is -0.385. The smallest absolute Gasteiger partial charge is 0.258 e. The Kier molecular flexibility index (Phi) is 2.96. The van der Waals surface area contributed by atoms with Gasteiger partial charge in [-0.2, -0.15) is 0 Å². The van der Waals surface area contributed by atoms with Crippen LogP contribution < -0.4 is 0 Å². The predicted octanol–water partition coefficient (Wildman–Crippen LogP) is 2.99. The third kappa shape index (κ3) is 2.25. The Hall–Kier alpha value is -2.16. The lowest BCUT2D eigenvalue weighted by Gasteiger charge is -2.02. The van der Waals surface area contributed by atoms with Crippen molar-refractivity contribution < 1.29 is 4.92 Å². The van der Waals surface area contributed by atoms with Crippen LogP contribution in [-0.4, -0.2) is 4.92 Å². The van der Waals surface area contributed by atoms with Crippen LogP contribution >= 0.6 is 0 Å². The molecule has 0 saturated heterocycles. The van der Waals surface area contributed by atoms with Crippen LogP contribution in [0, 0.1) is 16.2 Å². The van der Waals surface area contributed by atoms with E-state index in [1.54, 1.807) is 12.1 Å². The van der Waals surface area contributed by atoms with Crippen molar-refractivity contribution in [3.63, 3.8) is 0 Å². The van der Waals surface area contributed by atoms with Gasteiger partial charge in [-0.1, -0.05) is 42.5 Å². The standard InChI is InChI=1S/C13H10NO2/c15-14(16)13-9-5-4-8-12(13)10-11-6-2-1-3-7-11/h1-4,6-9H,10H2. The fourth-order valence-corrected chi connectivity index (χ4v) is 1.59. The van der Waals surface area contributed by atoms with Crippen LogP contribution in [0.1, 0.15) is 11.1 Å². The quantitative estimate of drug-likeness (QED) is 0.579. The highest BCUT2D eigenvalue weighted by atomic mass is 16.6. The van der Waals surface area contributed by atoms with Gasteiger partial charge in [-0.15, -0.1) is 0 Å². The summed E-state index contributed by atoms with van der Waals surface area (Å²) in [5, 5.41) is 10.8. The Morgan fingerprint density at radius 1 is 1.19 bits per heavy atom. The topological polar surface area (TPSA) is 43.1 Å². The first-order valence-electron chi connectivity index (χ1n) is 4.94. The lowest BCUT2D eigenvalue weighted by atomic mass is 10.0. The monoisotopic (exact) mass is 212 g/mol. The lowest BCUT2D eigenvalue weighted by Crippen LogP contribution is -1.96. The highest BCUT2D eigenvalue weighted by Crippen LogP contribution is 2.20. The average molecular weight is 212 g/mol. The maximum Gasteiger partial charge on any atom is 0.273 e. The van der Waals surface area contributed by atoms with Crippen molar-refractivity contribution in [2.75, 3.05) is 0 Å². The first-order chi connectivity index (χ1) is 7.77. The van der Waals surface area contributed by atoms with E-state index in [2.05, 4.69) is 6.07 Å². The molecule has 0 unspecified atom stereocenters. The summed E-state index contributed by atoms with van der Waals surface area (Å²) in [7, 11) is 0. The fraction of sp³-hybridized carbons (Fsp3) is 0.0769. The molecule has 2 aromatic rings. The molecule has 0 atom stereocenters. The van der Waals surface area contributed by atoms with Gasteiger partial charge < -0.3 is 0 Å². The Labute approximate surface area is 93.5 Å². The second-order valence-corrected chi connectivity index (χ2v) is 3.47. The molecule has 3 heteroatoms. The molecule has 0 aliphatic carbocycles. The van der Waals surface area contributed by atoms with E-state index in [4.69, 9.17) is 0 Å². The third-order valence-electron chi connectivity index (χ3n) is 2.36. The molecule has 2 rings (SSSR count). The largest absolute Gasteiger partial charge is 0.273 e. The molecule has 0 aliphatic rings. The third-order valence-corrected chi connectivity index (χ3v) is 2.36. The summed E-state index contributed by atoms with van der Waals surface area (Å²) in [6, 6.07) is 17.3. The zero-order valence-electron chi connectivity index (χ0n) is 8.59. The zero-order chi connectivity index (χ0) is 11.4. The van der Waals surface area contributed by atoms with E-state index >= 15 is 0 Å². The number of hydrogen-bond acceptors (Lipinski definition) is 2. The SMILES string of the molecule is O=[N+]([O-])c1c[c]ccc1Cc1ccccc1. The van der Waals surface area contributed by atoms with E-state index in [9.17, 15) is 10.1 Å². The Balaban J connectivity index is 2.31. The minimum Gasteiger partial charge on any atom is -0.258 e. The molecule has 16 heavy (non-hydrogen) atoms.